The lowest BCUT2D eigenvalue weighted by atomic mass is 9.70. The van der Waals surface area contributed by atoms with Crippen LogP contribution in [0.2, 0.25) is 0 Å². The van der Waals surface area contributed by atoms with Crippen LogP contribution in [0.1, 0.15) is 50.5 Å². The zero-order valence-corrected chi connectivity index (χ0v) is 13.2. The first-order valence-corrected chi connectivity index (χ1v) is 7.79. The summed E-state index contributed by atoms with van der Waals surface area (Å²) in [7, 11) is 0. The number of H-pyrrole nitrogens is 1. The fraction of sp³-hybridized carbons (Fsp3) is 0.529. The maximum Gasteiger partial charge on any atom is 0.267 e. The second-order valence-corrected chi connectivity index (χ2v) is 7.23. The molecule has 2 N–H and O–H groups in total. The summed E-state index contributed by atoms with van der Waals surface area (Å²) in [6, 6.07) is 1.73. The average molecular weight is 303 g/mol. The van der Waals surface area contributed by atoms with E-state index < -0.39 is 5.82 Å². The van der Waals surface area contributed by atoms with Crippen molar-refractivity contribution in [2.75, 3.05) is 0 Å². The Morgan fingerprint density at radius 2 is 2.23 bits per heavy atom. The predicted octanol–water partition coefficient (Wildman–Crippen LogP) is 3.65. The highest BCUT2D eigenvalue weighted by molar-refractivity contribution is 5.98. The Labute approximate surface area is 129 Å². The van der Waals surface area contributed by atoms with Crippen LogP contribution in [0.25, 0.3) is 10.9 Å². The molecule has 1 fully saturated rings. The first-order chi connectivity index (χ1) is 10.4. The first-order valence-electron chi connectivity index (χ1n) is 7.79. The van der Waals surface area contributed by atoms with E-state index in [0.29, 0.717) is 27.9 Å². The molecule has 1 saturated carbocycles. The van der Waals surface area contributed by atoms with Crippen molar-refractivity contribution in [3.63, 3.8) is 0 Å². The van der Waals surface area contributed by atoms with Crippen molar-refractivity contribution in [1.29, 1.82) is 0 Å². The van der Waals surface area contributed by atoms with Gasteiger partial charge in [0.2, 0.25) is 0 Å². The Morgan fingerprint density at radius 1 is 1.45 bits per heavy atom. The van der Waals surface area contributed by atoms with Crippen LogP contribution >= 0.6 is 0 Å². The van der Waals surface area contributed by atoms with Gasteiger partial charge in [0.1, 0.15) is 5.69 Å². The molecule has 0 bridgehead atoms. The van der Waals surface area contributed by atoms with Gasteiger partial charge in [0.15, 0.2) is 5.82 Å². The maximum atomic E-state index is 13.7. The Morgan fingerprint density at radius 3 is 2.91 bits per heavy atom. The van der Waals surface area contributed by atoms with Crippen molar-refractivity contribution in [1.82, 2.24) is 15.3 Å². The van der Waals surface area contributed by atoms with Crippen LogP contribution in [0, 0.1) is 17.2 Å². The Balaban J connectivity index is 1.75. The summed E-state index contributed by atoms with van der Waals surface area (Å²) >= 11 is 0. The molecule has 5 heteroatoms. The number of hydrogen-bond donors (Lipinski definition) is 2. The number of halogens is 1. The standard InChI is InChI=1S/C17H22FN3O/c1-10-7-17(2,3)5-4-13(10)21-16(22)14-6-11-12(18)8-19-9-15(11)20-14/h6,8-10,13,20H,4-5,7H2,1-3H3,(H,21,22)/t10-,13-/m0/s1. The van der Waals surface area contributed by atoms with Gasteiger partial charge < -0.3 is 10.3 Å². The molecule has 0 aromatic carbocycles. The van der Waals surface area contributed by atoms with Gasteiger partial charge >= 0.3 is 0 Å². The molecule has 1 amide bonds. The summed E-state index contributed by atoms with van der Waals surface area (Å²) in [4.78, 5) is 19.1. The van der Waals surface area contributed by atoms with E-state index in [1.165, 1.54) is 6.20 Å². The molecule has 118 valence electrons. The molecule has 22 heavy (non-hydrogen) atoms. The van der Waals surface area contributed by atoms with Crippen LogP contribution in [-0.4, -0.2) is 21.9 Å². The maximum absolute atomic E-state index is 13.7. The molecule has 0 spiro atoms. The van der Waals surface area contributed by atoms with E-state index in [9.17, 15) is 9.18 Å². The van der Waals surface area contributed by atoms with Crippen LogP contribution in [0.3, 0.4) is 0 Å². The van der Waals surface area contributed by atoms with Gasteiger partial charge in [-0.25, -0.2) is 4.39 Å². The van der Waals surface area contributed by atoms with Crippen molar-refractivity contribution in [3.05, 3.63) is 30.0 Å². The number of fused-ring (bicyclic) bond motifs is 1. The molecular weight excluding hydrogens is 281 g/mol. The van der Waals surface area contributed by atoms with Crippen LogP contribution in [-0.2, 0) is 0 Å². The number of aromatic amines is 1. The lowest BCUT2D eigenvalue weighted by Crippen LogP contribution is -2.44. The molecule has 0 saturated heterocycles. The molecular formula is C17H22FN3O. The molecule has 1 aliphatic rings. The normalized spacial score (nSPS) is 24.4. The Hall–Kier alpha value is -1.91. The number of hydrogen-bond acceptors (Lipinski definition) is 2. The van der Waals surface area contributed by atoms with E-state index in [2.05, 4.69) is 36.1 Å². The number of pyridine rings is 1. The SMILES string of the molecule is C[C@H]1CC(C)(C)CC[C@@H]1NC(=O)c1cc2c(F)cncc2[nH]1. The van der Waals surface area contributed by atoms with Crippen molar-refractivity contribution in [2.45, 2.75) is 46.1 Å². The zero-order chi connectivity index (χ0) is 15.9. The van der Waals surface area contributed by atoms with Gasteiger partial charge in [-0.1, -0.05) is 20.8 Å². The van der Waals surface area contributed by atoms with Crippen molar-refractivity contribution in [3.8, 4) is 0 Å². The van der Waals surface area contributed by atoms with Crippen molar-refractivity contribution >= 4 is 16.8 Å². The smallest absolute Gasteiger partial charge is 0.267 e. The number of aromatic nitrogens is 2. The third-order valence-electron chi connectivity index (χ3n) is 4.75. The van der Waals surface area contributed by atoms with E-state index >= 15 is 0 Å². The third-order valence-corrected chi connectivity index (χ3v) is 4.75. The minimum Gasteiger partial charge on any atom is -0.349 e. The van der Waals surface area contributed by atoms with Gasteiger partial charge in [-0.3, -0.25) is 9.78 Å². The van der Waals surface area contributed by atoms with Gasteiger partial charge in [0.05, 0.1) is 17.9 Å². The summed E-state index contributed by atoms with van der Waals surface area (Å²) in [6.07, 6.45) is 5.87. The van der Waals surface area contributed by atoms with Gasteiger partial charge in [-0.05, 0) is 36.7 Å². The van der Waals surface area contributed by atoms with E-state index in [4.69, 9.17) is 0 Å². The summed E-state index contributed by atoms with van der Waals surface area (Å²) in [5, 5.41) is 3.49. The number of carbonyl (C=O) groups excluding carboxylic acids is 1. The second kappa shape index (κ2) is 5.38. The topological polar surface area (TPSA) is 57.8 Å². The van der Waals surface area contributed by atoms with E-state index in [1.54, 1.807) is 6.07 Å². The number of nitrogens with zero attached hydrogens (tertiary/aromatic N) is 1. The minimum atomic E-state index is -0.416. The third kappa shape index (κ3) is 2.85. The first kappa shape index (κ1) is 15.0. The zero-order valence-electron chi connectivity index (χ0n) is 13.2. The summed E-state index contributed by atoms with van der Waals surface area (Å²) in [5.74, 6) is -0.150. The Kier molecular flexibility index (Phi) is 3.67. The largest absolute Gasteiger partial charge is 0.349 e. The number of carbonyl (C=O) groups is 1. The molecule has 4 nitrogen and oxygen atoms in total. The number of nitrogens with one attached hydrogen (secondary N) is 2. The lowest BCUT2D eigenvalue weighted by molar-refractivity contribution is 0.0857. The highest BCUT2D eigenvalue weighted by Gasteiger charge is 2.33. The molecule has 0 aliphatic heterocycles. The fourth-order valence-electron chi connectivity index (χ4n) is 3.55. The summed E-state index contributed by atoms with van der Waals surface area (Å²) in [6.45, 7) is 6.73. The highest BCUT2D eigenvalue weighted by atomic mass is 19.1. The fourth-order valence-corrected chi connectivity index (χ4v) is 3.55. The molecule has 2 atom stereocenters. The minimum absolute atomic E-state index is 0.174. The van der Waals surface area contributed by atoms with Crippen LogP contribution in [0.15, 0.2) is 18.5 Å². The Bertz CT molecular complexity index is 707. The summed E-state index contributed by atoms with van der Waals surface area (Å²) < 4.78 is 13.7. The molecule has 0 radical (unpaired) electrons. The molecule has 0 unspecified atom stereocenters. The average Bonchev–Trinajstić information content (AvgIpc) is 2.87. The molecule has 3 rings (SSSR count). The number of rotatable bonds is 2. The predicted molar refractivity (Wildman–Crippen MR) is 84.1 cm³/mol. The van der Waals surface area contributed by atoms with Crippen LogP contribution in [0.5, 0.6) is 0 Å². The highest BCUT2D eigenvalue weighted by Crippen LogP contribution is 2.38. The molecule has 1 aliphatic carbocycles. The quantitative estimate of drug-likeness (QED) is 0.889. The van der Waals surface area contributed by atoms with Crippen LogP contribution < -0.4 is 5.32 Å². The van der Waals surface area contributed by atoms with E-state index in [0.717, 1.165) is 25.5 Å². The second-order valence-electron chi connectivity index (χ2n) is 7.23. The summed E-state index contributed by atoms with van der Waals surface area (Å²) in [5.41, 5.74) is 1.28. The van der Waals surface area contributed by atoms with Gasteiger partial charge in [-0.15, -0.1) is 0 Å². The number of amides is 1. The lowest BCUT2D eigenvalue weighted by Gasteiger charge is -2.39. The monoisotopic (exact) mass is 303 g/mol. The van der Waals surface area contributed by atoms with E-state index in [-0.39, 0.29) is 11.9 Å². The van der Waals surface area contributed by atoms with Crippen LogP contribution in [0.4, 0.5) is 4.39 Å². The van der Waals surface area contributed by atoms with Gasteiger partial charge in [0, 0.05) is 11.4 Å². The molecule has 2 aromatic heterocycles. The van der Waals surface area contributed by atoms with Gasteiger partial charge in [0.25, 0.3) is 5.91 Å². The van der Waals surface area contributed by atoms with Crippen molar-refractivity contribution in [2.24, 2.45) is 11.3 Å². The van der Waals surface area contributed by atoms with Crippen molar-refractivity contribution < 1.29 is 9.18 Å². The van der Waals surface area contributed by atoms with Gasteiger partial charge in [-0.2, -0.15) is 0 Å². The molecule has 2 aromatic rings. The van der Waals surface area contributed by atoms with E-state index in [1.807, 2.05) is 0 Å². The molecule has 2 heterocycles.